The van der Waals surface area contributed by atoms with Crippen LogP contribution in [-0.2, 0) is 9.05 Å². The average molecular weight is 253 g/mol. The number of aromatic nitrogens is 2. The van der Waals surface area contributed by atoms with Gasteiger partial charge in [-0.3, -0.25) is 0 Å². The molecule has 0 spiro atoms. The first-order valence-electron chi connectivity index (χ1n) is 3.33. The van der Waals surface area contributed by atoms with Crippen LogP contribution in [0.2, 0.25) is 5.02 Å². The van der Waals surface area contributed by atoms with Crippen molar-refractivity contribution in [3.63, 3.8) is 0 Å². The molecule has 2 aromatic rings. The summed E-state index contributed by atoms with van der Waals surface area (Å²) in [5, 5.41) is 3.46. The first-order valence-corrected chi connectivity index (χ1v) is 6.02. The van der Waals surface area contributed by atoms with Crippen LogP contribution in [0, 0.1) is 0 Å². The third-order valence-corrected chi connectivity index (χ3v) is 3.04. The molecule has 14 heavy (non-hydrogen) atoms. The fourth-order valence-electron chi connectivity index (χ4n) is 1.00. The van der Waals surface area contributed by atoms with Gasteiger partial charge in [0.1, 0.15) is 5.02 Å². The highest BCUT2D eigenvalue weighted by molar-refractivity contribution is 8.13. The van der Waals surface area contributed by atoms with Gasteiger partial charge in [0, 0.05) is 10.7 Å². The molecule has 0 bridgehead atoms. The van der Waals surface area contributed by atoms with E-state index in [-0.39, 0.29) is 21.0 Å². The highest BCUT2D eigenvalue weighted by atomic mass is 35.7. The van der Waals surface area contributed by atoms with E-state index in [1.165, 1.54) is 6.20 Å². The minimum Gasteiger partial charge on any atom is -0.355 e. The molecule has 0 saturated carbocycles. The number of hydrogen-bond donors (Lipinski definition) is 0. The molecule has 0 unspecified atom stereocenters. The van der Waals surface area contributed by atoms with Gasteiger partial charge in [-0.15, -0.1) is 0 Å². The molecule has 0 aliphatic carbocycles. The molecular weight excluding hydrogens is 251 g/mol. The zero-order valence-corrected chi connectivity index (χ0v) is 8.77. The van der Waals surface area contributed by atoms with Gasteiger partial charge < -0.3 is 4.52 Å². The molecule has 5 nitrogen and oxygen atoms in total. The summed E-state index contributed by atoms with van der Waals surface area (Å²) < 4.78 is 26.8. The molecule has 0 aromatic carbocycles. The summed E-state index contributed by atoms with van der Waals surface area (Å²) in [6.07, 6.45) is 2.34. The third-order valence-electron chi connectivity index (χ3n) is 1.54. The van der Waals surface area contributed by atoms with E-state index in [1.807, 2.05) is 0 Å². The standard InChI is InChI=1S/C6H2Cl2N2O3S/c7-4-2-9-6(14(8,11)12)3-1-10-13-5(3)4/h1-2H. The fraction of sp³-hybridized carbons (Fsp3) is 0. The van der Waals surface area contributed by atoms with Gasteiger partial charge in [0.2, 0.25) is 0 Å². The van der Waals surface area contributed by atoms with Crippen molar-refractivity contribution in [2.24, 2.45) is 0 Å². The van der Waals surface area contributed by atoms with Crippen molar-refractivity contribution in [3.05, 3.63) is 17.4 Å². The van der Waals surface area contributed by atoms with E-state index in [0.717, 1.165) is 6.20 Å². The molecule has 2 rings (SSSR count). The van der Waals surface area contributed by atoms with Crippen LogP contribution in [0.25, 0.3) is 11.0 Å². The van der Waals surface area contributed by atoms with Crippen LogP contribution in [-0.4, -0.2) is 18.6 Å². The van der Waals surface area contributed by atoms with Gasteiger partial charge >= 0.3 is 0 Å². The zero-order valence-electron chi connectivity index (χ0n) is 6.44. The van der Waals surface area contributed by atoms with Crippen LogP contribution in [0.5, 0.6) is 0 Å². The van der Waals surface area contributed by atoms with E-state index in [0.29, 0.717) is 0 Å². The maximum absolute atomic E-state index is 11.0. The van der Waals surface area contributed by atoms with Crippen LogP contribution in [0.15, 0.2) is 21.9 Å². The Morgan fingerprint density at radius 3 is 2.71 bits per heavy atom. The lowest BCUT2D eigenvalue weighted by Crippen LogP contribution is -1.95. The molecule has 0 aliphatic rings. The van der Waals surface area contributed by atoms with Gasteiger partial charge in [-0.05, 0) is 0 Å². The average Bonchev–Trinajstić information content (AvgIpc) is 2.50. The maximum Gasteiger partial charge on any atom is 0.279 e. The molecule has 0 fully saturated rings. The van der Waals surface area contributed by atoms with Gasteiger partial charge in [0.05, 0.1) is 17.8 Å². The van der Waals surface area contributed by atoms with Crippen LogP contribution >= 0.6 is 22.3 Å². The maximum atomic E-state index is 11.0. The van der Waals surface area contributed by atoms with Gasteiger partial charge in [0.25, 0.3) is 9.05 Å². The second-order valence-electron chi connectivity index (χ2n) is 2.42. The number of rotatable bonds is 1. The van der Waals surface area contributed by atoms with E-state index < -0.39 is 9.05 Å². The van der Waals surface area contributed by atoms with Crippen molar-refractivity contribution in [1.82, 2.24) is 10.1 Å². The van der Waals surface area contributed by atoms with E-state index >= 15 is 0 Å². The number of halogens is 2. The molecule has 0 radical (unpaired) electrons. The number of fused-ring (bicyclic) bond motifs is 1. The molecule has 0 amide bonds. The Labute approximate surface area is 88.0 Å². The van der Waals surface area contributed by atoms with E-state index in [9.17, 15) is 8.42 Å². The largest absolute Gasteiger partial charge is 0.355 e. The summed E-state index contributed by atoms with van der Waals surface area (Å²) in [5.41, 5.74) is 0.154. The fourth-order valence-corrected chi connectivity index (χ4v) is 2.14. The highest BCUT2D eigenvalue weighted by Gasteiger charge is 2.19. The van der Waals surface area contributed by atoms with E-state index in [2.05, 4.69) is 10.1 Å². The van der Waals surface area contributed by atoms with Crippen LogP contribution in [0.4, 0.5) is 0 Å². The van der Waals surface area contributed by atoms with Crippen molar-refractivity contribution >= 4 is 42.3 Å². The van der Waals surface area contributed by atoms with Crippen molar-refractivity contribution in [2.45, 2.75) is 5.03 Å². The van der Waals surface area contributed by atoms with Crippen LogP contribution in [0.1, 0.15) is 0 Å². The van der Waals surface area contributed by atoms with Crippen molar-refractivity contribution in [2.75, 3.05) is 0 Å². The summed E-state index contributed by atoms with van der Waals surface area (Å²) in [5.74, 6) is 0. The summed E-state index contributed by atoms with van der Waals surface area (Å²) in [6, 6.07) is 0. The normalized spacial score (nSPS) is 12.1. The Morgan fingerprint density at radius 1 is 1.36 bits per heavy atom. The van der Waals surface area contributed by atoms with E-state index in [1.54, 1.807) is 0 Å². The highest BCUT2D eigenvalue weighted by Crippen LogP contribution is 2.28. The SMILES string of the molecule is O=S(=O)(Cl)c1ncc(Cl)c2oncc12. The van der Waals surface area contributed by atoms with Gasteiger partial charge in [-0.2, -0.15) is 0 Å². The minimum absolute atomic E-state index is 0.154. The minimum atomic E-state index is -3.91. The number of nitrogens with zero attached hydrogens (tertiary/aromatic N) is 2. The first-order chi connectivity index (χ1) is 6.50. The molecule has 74 valence electrons. The second-order valence-corrected chi connectivity index (χ2v) is 5.31. The number of pyridine rings is 1. The second kappa shape index (κ2) is 3.08. The Kier molecular flexibility index (Phi) is 2.13. The lowest BCUT2D eigenvalue weighted by molar-refractivity contribution is 0.456. The quantitative estimate of drug-likeness (QED) is 0.724. The predicted octanol–water partition coefficient (Wildman–Crippen LogP) is 1.80. The lowest BCUT2D eigenvalue weighted by atomic mass is 10.4. The molecule has 2 heterocycles. The summed E-state index contributed by atoms with van der Waals surface area (Å²) in [7, 11) is 1.23. The van der Waals surface area contributed by atoms with E-state index in [4.69, 9.17) is 26.8 Å². The molecule has 2 aromatic heterocycles. The summed E-state index contributed by atoms with van der Waals surface area (Å²) >= 11 is 5.69. The Bertz CT molecular complexity index is 592. The van der Waals surface area contributed by atoms with Crippen LogP contribution in [0.3, 0.4) is 0 Å². The molecular formula is C6H2Cl2N2O3S. The molecule has 0 aliphatic heterocycles. The van der Waals surface area contributed by atoms with Crippen molar-refractivity contribution < 1.29 is 12.9 Å². The van der Waals surface area contributed by atoms with Crippen molar-refractivity contribution in [3.8, 4) is 0 Å². The van der Waals surface area contributed by atoms with Gasteiger partial charge in [-0.25, -0.2) is 13.4 Å². The predicted molar refractivity (Wildman–Crippen MR) is 49.9 cm³/mol. The molecule has 0 N–H and O–H groups in total. The summed E-state index contributed by atoms with van der Waals surface area (Å²) in [4.78, 5) is 3.60. The van der Waals surface area contributed by atoms with Crippen LogP contribution < -0.4 is 0 Å². The molecule has 8 heteroatoms. The first kappa shape index (κ1) is 9.70. The Morgan fingerprint density at radius 2 is 2.07 bits per heavy atom. The van der Waals surface area contributed by atoms with Crippen molar-refractivity contribution in [1.29, 1.82) is 0 Å². The monoisotopic (exact) mass is 252 g/mol. The summed E-state index contributed by atoms with van der Waals surface area (Å²) in [6.45, 7) is 0. The third kappa shape index (κ3) is 1.45. The lowest BCUT2D eigenvalue weighted by Gasteiger charge is -1.96. The van der Waals surface area contributed by atoms with Gasteiger partial charge in [0.15, 0.2) is 10.6 Å². The number of hydrogen-bond acceptors (Lipinski definition) is 5. The molecule has 0 atom stereocenters. The topological polar surface area (TPSA) is 73.1 Å². The van der Waals surface area contributed by atoms with Gasteiger partial charge in [-0.1, -0.05) is 16.8 Å². The Hall–Kier alpha value is -0.850. The smallest absolute Gasteiger partial charge is 0.279 e. The molecule has 0 saturated heterocycles. The zero-order chi connectivity index (χ0) is 10.3. The Balaban J connectivity index is 2.93.